The van der Waals surface area contributed by atoms with Gasteiger partial charge in [-0.25, -0.2) is 0 Å². The summed E-state index contributed by atoms with van der Waals surface area (Å²) in [6, 6.07) is 0. The summed E-state index contributed by atoms with van der Waals surface area (Å²) < 4.78 is 5.09. The lowest BCUT2D eigenvalue weighted by atomic mass is 9.99. The summed E-state index contributed by atoms with van der Waals surface area (Å²) in [6.07, 6.45) is 1.73. The van der Waals surface area contributed by atoms with E-state index in [0.717, 1.165) is 6.42 Å². The summed E-state index contributed by atoms with van der Waals surface area (Å²) in [4.78, 5) is 22.2. The first-order valence-corrected chi connectivity index (χ1v) is 5.17. The highest BCUT2D eigenvalue weighted by Gasteiger charge is 2.19. The lowest BCUT2D eigenvalue weighted by Crippen LogP contribution is -2.21. The van der Waals surface area contributed by atoms with Crippen molar-refractivity contribution in [3.8, 4) is 0 Å². The van der Waals surface area contributed by atoms with Gasteiger partial charge in [-0.05, 0) is 33.6 Å². The van der Waals surface area contributed by atoms with Gasteiger partial charge in [-0.1, -0.05) is 6.92 Å². The molecule has 0 rings (SSSR count). The molecule has 0 radical (unpaired) electrons. The van der Waals surface area contributed by atoms with Crippen molar-refractivity contribution in [1.29, 1.82) is 0 Å². The van der Waals surface area contributed by atoms with E-state index >= 15 is 0 Å². The first-order valence-electron chi connectivity index (χ1n) is 5.17. The Morgan fingerprint density at radius 3 is 2.21 bits per heavy atom. The molecule has 0 N–H and O–H groups in total. The fourth-order valence-electron chi connectivity index (χ4n) is 1.19. The predicted molar refractivity (Wildman–Crippen MR) is 54.9 cm³/mol. The molecule has 3 nitrogen and oxygen atoms in total. The Kier molecular flexibility index (Phi) is 6.17. The van der Waals surface area contributed by atoms with E-state index in [4.69, 9.17) is 4.74 Å². The molecule has 1 atom stereocenters. The van der Waals surface area contributed by atoms with Gasteiger partial charge in [0.05, 0.1) is 12.0 Å². The van der Waals surface area contributed by atoms with Crippen LogP contribution in [0.4, 0.5) is 0 Å². The number of hydrogen-bond acceptors (Lipinski definition) is 3. The number of rotatable bonds is 6. The summed E-state index contributed by atoms with van der Waals surface area (Å²) >= 11 is 0. The molecule has 0 spiro atoms. The molecule has 0 heterocycles. The topological polar surface area (TPSA) is 43.4 Å². The fourth-order valence-corrected chi connectivity index (χ4v) is 1.19. The lowest BCUT2D eigenvalue weighted by molar-refractivity contribution is -0.152. The quantitative estimate of drug-likeness (QED) is 0.618. The van der Waals surface area contributed by atoms with Crippen molar-refractivity contribution in [2.75, 3.05) is 0 Å². The van der Waals surface area contributed by atoms with Gasteiger partial charge in [0.15, 0.2) is 0 Å². The van der Waals surface area contributed by atoms with E-state index in [-0.39, 0.29) is 23.8 Å². The Labute approximate surface area is 85.8 Å². The monoisotopic (exact) mass is 200 g/mol. The zero-order valence-electron chi connectivity index (χ0n) is 9.50. The second-order valence-electron chi connectivity index (χ2n) is 3.83. The predicted octanol–water partition coefficient (Wildman–Crippen LogP) is 2.33. The Bertz CT molecular complexity index is 197. The van der Waals surface area contributed by atoms with E-state index in [2.05, 4.69) is 0 Å². The average Bonchev–Trinajstić information content (AvgIpc) is 2.03. The molecule has 0 aromatic carbocycles. The summed E-state index contributed by atoms with van der Waals surface area (Å²) in [6.45, 7) is 7.14. The number of esters is 1. The van der Waals surface area contributed by atoms with E-state index in [0.29, 0.717) is 12.8 Å². The van der Waals surface area contributed by atoms with Crippen molar-refractivity contribution in [2.24, 2.45) is 5.92 Å². The smallest absolute Gasteiger partial charge is 0.309 e. The zero-order chi connectivity index (χ0) is 11.1. The average molecular weight is 200 g/mol. The molecule has 0 aliphatic rings. The van der Waals surface area contributed by atoms with Crippen LogP contribution < -0.4 is 0 Å². The van der Waals surface area contributed by atoms with Crippen LogP contribution in [0.25, 0.3) is 0 Å². The maximum Gasteiger partial charge on any atom is 0.309 e. The molecule has 82 valence electrons. The van der Waals surface area contributed by atoms with Crippen LogP contribution in [0, 0.1) is 5.92 Å². The SMILES string of the molecule is CC[C@H](CCC(C)=O)C(=O)OC(C)C. The van der Waals surface area contributed by atoms with Gasteiger partial charge in [-0.2, -0.15) is 0 Å². The van der Waals surface area contributed by atoms with E-state index in [9.17, 15) is 9.59 Å². The molecule has 0 fully saturated rings. The van der Waals surface area contributed by atoms with Gasteiger partial charge in [-0.3, -0.25) is 4.79 Å². The van der Waals surface area contributed by atoms with E-state index < -0.39 is 0 Å². The molecular formula is C11H20O3. The first-order chi connectivity index (χ1) is 6.47. The summed E-state index contributed by atoms with van der Waals surface area (Å²) in [5.41, 5.74) is 0. The van der Waals surface area contributed by atoms with Crippen molar-refractivity contribution in [1.82, 2.24) is 0 Å². The highest BCUT2D eigenvalue weighted by molar-refractivity contribution is 5.77. The Balaban J connectivity index is 3.99. The van der Waals surface area contributed by atoms with Crippen LogP contribution in [0.3, 0.4) is 0 Å². The molecule has 0 amide bonds. The number of ether oxygens (including phenoxy) is 1. The number of carbonyl (C=O) groups excluding carboxylic acids is 2. The van der Waals surface area contributed by atoms with Gasteiger partial charge < -0.3 is 9.53 Å². The van der Waals surface area contributed by atoms with Gasteiger partial charge >= 0.3 is 5.97 Å². The molecular weight excluding hydrogens is 180 g/mol. The Morgan fingerprint density at radius 1 is 1.29 bits per heavy atom. The van der Waals surface area contributed by atoms with Crippen LogP contribution in [0.5, 0.6) is 0 Å². The van der Waals surface area contributed by atoms with E-state index in [1.54, 1.807) is 6.92 Å². The minimum absolute atomic E-state index is 0.0751. The molecule has 0 aliphatic carbocycles. The van der Waals surface area contributed by atoms with Crippen LogP contribution in [0.2, 0.25) is 0 Å². The molecule has 0 saturated carbocycles. The van der Waals surface area contributed by atoms with Crippen molar-refractivity contribution in [3.05, 3.63) is 0 Å². The van der Waals surface area contributed by atoms with Crippen LogP contribution in [-0.4, -0.2) is 17.9 Å². The van der Waals surface area contributed by atoms with Crippen LogP contribution in [0.15, 0.2) is 0 Å². The molecule has 3 heteroatoms. The van der Waals surface area contributed by atoms with Crippen molar-refractivity contribution in [2.45, 2.75) is 53.1 Å². The van der Waals surface area contributed by atoms with E-state index in [1.807, 2.05) is 20.8 Å². The van der Waals surface area contributed by atoms with Gasteiger partial charge in [0.1, 0.15) is 5.78 Å². The molecule has 14 heavy (non-hydrogen) atoms. The standard InChI is InChI=1S/C11H20O3/c1-5-10(7-6-9(4)12)11(13)14-8(2)3/h8,10H,5-7H2,1-4H3/t10-/m1/s1. The molecule has 0 aromatic rings. The molecule has 0 bridgehead atoms. The number of Topliss-reactive ketones (excluding diaryl/α,β-unsaturated/α-hetero) is 1. The molecule has 0 aromatic heterocycles. The van der Waals surface area contributed by atoms with Gasteiger partial charge in [0.2, 0.25) is 0 Å². The van der Waals surface area contributed by atoms with E-state index in [1.165, 1.54) is 0 Å². The number of ketones is 1. The lowest BCUT2D eigenvalue weighted by Gasteiger charge is -2.15. The summed E-state index contributed by atoms with van der Waals surface area (Å²) in [7, 11) is 0. The third-order valence-corrected chi connectivity index (χ3v) is 2.02. The minimum atomic E-state index is -0.177. The number of hydrogen-bond donors (Lipinski definition) is 0. The molecule has 0 unspecified atom stereocenters. The Morgan fingerprint density at radius 2 is 1.86 bits per heavy atom. The summed E-state index contributed by atoms with van der Waals surface area (Å²) in [5.74, 6) is -0.175. The number of carbonyl (C=O) groups is 2. The normalized spacial score (nSPS) is 12.6. The largest absolute Gasteiger partial charge is 0.463 e. The zero-order valence-corrected chi connectivity index (χ0v) is 9.50. The third kappa shape index (κ3) is 5.73. The van der Waals surface area contributed by atoms with Crippen molar-refractivity contribution >= 4 is 11.8 Å². The summed E-state index contributed by atoms with van der Waals surface area (Å²) in [5, 5.41) is 0. The maximum atomic E-state index is 11.5. The minimum Gasteiger partial charge on any atom is -0.463 e. The van der Waals surface area contributed by atoms with Crippen molar-refractivity contribution < 1.29 is 14.3 Å². The van der Waals surface area contributed by atoms with Crippen molar-refractivity contribution in [3.63, 3.8) is 0 Å². The maximum absolute atomic E-state index is 11.5. The van der Waals surface area contributed by atoms with Crippen LogP contribution in [-0.2, 0) is 14.3 Å². The molecule has 0 saturated heterocycles. The van der Waals surface area contributed by atoms with Gasteiger partial charge in [-0.15, -0.1) is 0 Å². The third-order valence-electron chi connectivity index (χ3n) is 2.02. The second-order valence-corrected chi connectivity index (χ2v) is 3.83. The first kappa shape index (κ1) is 13.1. The van der Waals surface area contributed by atoms with Gasteiger partial charge in [0.25, 0.3) is 0 Å². The van der Waals surface area contributed by atoms with Crippen LogP contribution in [0.1, 0.15) is 47.0 Å². The Hall–Kier alpha value is -0.860. The second kappa shape index (κ2) is 6.57. The fraction of sp³-hybridized carbons (Fsp3) is 0.818. The van der Waals surface area contributed by atoms with Crippen LogP contribution >= 0.6 is 0 Å². The highest BCUT2D eigenvalue weighted by Crippen LogP contribution is 2.14. The van der Waals surface area contributed by atoms with Gasteiger partial charge in [0, 0.05) is 6.42 Å². The molecule has 0 aliphatic heterocycles. The highest BCUT2D eigenvalue weighted by atomic mass is 16.5.